The highest BCUT2D eigenvalue weighted by molar-refractivity contribution is 9.11. The molecule has 4 heteroatoms. The SMILES string of the molecule is Cc1c(-c2ccccc2F)sc(Br)c1N. The van der Waals surface area contributed by atoms with E-state index in [0.717, 1.165) is 14.2 Å². The van der Waals surface area contributed by atoms with Gasteiger partial charge in [0.1, 0.15) is 5.82 Å². The van der Waals surface area contributed by atoms with E-state index in [4.69, 9.17) is 5.73 Å². The maximum absolute atomic E-state index is 13.5. The van der Waals surface area contributed by atoms with Crippen molar-refractivity contribution in [2.24, 2.45) is 0 Å². The minimum Gasteiger partial charge on any atom is -0.397 e. The predicted molar refractivity (Wildman–Crippen MR) is 66.6 cm³/mol. The third kappa shape index (κ3) is 1.79. The van der Waals surface area contributed by atoms with E-state index in [1.807, 2.05) is 13.0 Å². The molecule has 0 aliphatic rings. The van der Waals surface area contributed by atoms with Gasteiger partial charge in [0.15, 0.2) is 0 Å². The van der Waals surface area contributed by atoms with Gasteiger partial charge < -0.3 is 5.73 Å². The van der Waals surface area contributed by atoms with Crippen LogP contribution in [0.5, 0.6) is 0 Å². The predicted octanol–water partition coefficient (Wildman–Crippen LogP) is 4.21. The van der Waals surface area contributed by atoms with E-state index >= 15 is 0 Å². The van der Waals surface area contributed by atoms with E-state index in [-0.39, 0.29) is 5.82 Å². The first-order valence-electron chi connectivity index (χ1n) is 4.40. The average molecular weight is 286 g/mol. The van der Waals surface area contributed by atoms with E-state index in [1.54, 1.807) is 12.1 Å². The van der Waals surface area contributed by atoms with Crippen molar-refractivity contribution in [3.8, 4) is 10.4 Å². The highest BCUT2D eigenvalue weighted by Crippen LogP contribution is 2.41. The number of anilines is 1. The fourth-order valence-electron chi connectivity index (χ4n) is 1.39. The maximum Gasteiger partial charge on any atom is 0.131 e. The molecule has 0 unspecified atom stereocenters. The molecule has 0 radical (unpaired) electrons. The molecule has 0 aliphatic heterocycles. The summed E-state index contributed by atoms with van der Waals surface area (Å²) in [6.45, 7) is 1.90. The minimum atomic E-state index is -0.214. The molecule has 2 N–H and O–H groups in total. The molecule has 2 aromatic rings. The zero-order chi connectivity index (χ0) is 11.0. The molecule has 0 amide bonds. The number of halogens is 2. The quantitative estimate of drug-likeness (QED) is 0.835. The summed E-state index contributed by atoms with van der Waals surface area (Å²) in [6, 6.07) is 6.72. The molecule has 0 spiro atoms. The Hall–Kier alpha value is -0.870. The number of nitrogen functional groups attached to an aromatic ring is 1. The van der Waals surface area contributed by atoms with Crippen molar-refractivity contribution in [1.82, 2.24) is 0 Å². The number of hydrogen-bond donors (Lipinski definition) is 1. The van der Waals surface area contributed by atoms with Gasteiger partial charge in [-0.15, -0.1) is 11.3 Å². The number of thiophene rings is 1. The lowest BCUT2D eigenvalue weighted by Gasteiger charge is -2.01. The summed E-state index contributed by atoms with van der Waals surface area (Å²) in [6.07, 6.45) is 0. The van der Waals surface area contributed by atoms with E-state index in [1.165, 1.54) is 17.4 Å². The van der Waals surface area contributed by atoms with Gasteiger partial charge in [-0.3, -0.25) is 0 Å². The van der Waals surface area contributed by atoms with E-state index < -0.39 is 0 Å². The molecule has 1 aromatic heterocycles. The Morgan fingerprint density at radius 2 is 2.00 bits per heavy atom. The molecular weight excluding hydrogens is 277 g/mol. The van der Waals surface area contributed by atoms with Crippen LogP contribution in [0.15, 0.2) is 28.1 Å². The molecule has 0 atom stereocenters. The summed E-state index contributed by atoms with van der Waals surface area (Å²) < 4.78 is 14.4. The van der Waals surface area contributed by atoms with Crippen LogP contribution < -0.4 is 5.73 Å². The van der Waals surface area contributed by atoms with E-state index in [0.29, 0.717) is 11.3 Å². The topological polar surface area (TPSA) is 26.0 Å². The number of nitrogens with two attached hydrogens (primary N) is 1. The second-order valence-electron chi connectivity index (χ2n) is 3.22. The first kappa shape index (κ1) is 10.6. The summed E-state index contributed by atoms with van der Waals surface area (Å²) in [5.41, 5.74) is 8.06. The number of hydrogen-bond acceptors (Lipinski definition) is 2. The van der Waals surface area contributed by atoms with Crippen LogP contribution in [0, 0.1) is 12.7 Å². The molecule has 0 aliphatic carbocycles. The van der Waals surface area contributed by atoms with Crippen molar-refractivity contribution in [2.45, 2.75) is 6.92 Å². The highest BCUT2D eigenvalue weighted by atomic mass is 79.9. The Labute approximate surface area is 99.9 Å². The second-order valence-corrected chi connectivity index (χ2v) is 5.56. The Balaban J connectivity index is 2.65. The zero-order valence-electron chi connectivity index (χ0n) is 8.05. The van der Waals surface area contributed by atoms with Gasteiger partial charge in [-0.1, -0.05) is 18.2 Å². The van der Waals surface area contributed by atoms with Crippen molar-refractivity contribution in [2.75, 3.05) is 5.73 Å². The maximum atomic E-state index is 13.5. The molecule has 0 bridgehead atoms. The first-order chi connectivity index (χ1) is 7.11. The molecule has 2 rings (SSSR count). The van der Waals surface area contributed by atoms with Gasteiger partial charge >= 0.3 is 0 Å². The molecule has 1 aromatic carbocycles. The van der Waals surface area contributed by atoms with Crippen molar-refractivity contribution in [3.05, 3.63) is 39.4 Å². The van der Waals surface area contributed by atoms with Crippen molar-refractivity contribution in [1.29, 1.82) is 0 Å². The third-order valence-electron chi connectivity index (χ3n) is 2.27. The smallest absolute Gasteiger partial charge is 0.131 e. The van der Waals surface area contributed by atoms with Crippen molar-refractivity contribution >= 4 is 33.0 Å². The molecule has 1 nitrogen and oxygen atoms in total. The fourth-order valence-corrected chi connectivity index (χ4v) is 3.16. The standard InChI is InChI=1S/C11H9BrFNS/c1-6-9(14)11(12)15-10(6)7-4-2-3-5-8(7)13/h2-5H,14H2,1H3. The normalized spacial score (nSPS) is 10.6. The lowest BCUT2D eigenvalue weighted by Crippen LogP contribution is -1.87. The zero-order valence-corrected chi connectivity index (χ0v) is 10.5. The summed E-state index contributed by atoms with van der Waals surface area (Å²) in [5, 5.41) is 0. The summed E-state index contributed by atoms with van der Waals surface area (Å²) in [7, 11) is 0. The minimum absolute atomic E-state index is 0.214. The van der Waals surface area contributed by atoms with Crippen molar-refractivity contribution in [3.63, 3.8) is 0 Å². The van der Waals surface area contributed by atoms with Crippen LogP contribution in [-0.4, -0.2) is 0 Å². The van der Waals surface area contributed by atoms with Crippen LogP contribution in [-0.2, 0) is 0 Å². The summed E-state index contributed by atoms with van der Waals surface area (Å²) >= 11 is 4.82. The van der Waals surface area contributed by atoms with Crippen LogP contribution in [0.4, 0.5) is 10.1 Å². The van der Waals surface area contributed by atoms with Crippen LogP contribution >= 0.6 is 27.3 Å². The van der Waals surface area contributed by atoms with Crippen LogP contribution in [0.2, 0.25) is 0 Å². The average Bonchev–Trinajstić information content (AvgIpc) is 2.47. The molecule has 0 saturated heterocycles. The largest absolute Gasteiger partial charge is 0.397 e. The highest BCUT2D eigenvalue weighted by Gasteiger charge is 2.14. The number of rotatable bonds is 1. The summed E-state index contributed by atoms with van der Waals surface area (Å²) in [4.78, 5) is 0.887. The van der Waals surface area contributed by atoms with Crippen LogP contribution in [0.3, 0.4) is 0 Å². The van der Waals surface area contributed by atoms with E-state index in [2.05, 4.69) is 15.9 Å². The Kier molecular flexibility index (Phi) is 2.80. The van der Waals surface area contributed by atoms with Gasteiger partial charge in [0.2, 0.25) is 0 Å². The van der Waals surface area contributed by atoms with Gasteiger partial charge in [0.25, 0.3) is 0 Å². The monoisotopic (exact) mass is 285 g/mol. The Bertz CT molecular complexity index is 507. The van der Waals surface area contributed by atoms with E-state index in [9.17, 15) is 4.39 Å². The van der Waals surface area contributed by atoms with Gasteiger partial charge in [-0.05, 0) is 34.5 Å². The Morgan fingerprint density at radius 1 is 1.33 bits per heavy atom. The lowest BCUT2D eigenvalue weighted by molar-refractivity contribution is 0.631. The van der Waals surface area contributed by atoms with Gasteiger partial charge in [-0.2, -0.15) is 0 Å². The van der Waals surface area contributed by atoms with Gasteiger partial charge in [0, 0.05) is 10.4 Å². The van der Waals surface area contributed by atoms with Crippen LogP contribution in [0.1, 0.15) is 5.56 Å². The van der Waals surface area contributed by atoms with Gasteiger partial charge in [-0.25, -0.2) is 4.39 Å². The number of benzene rings is 1. The molecule has 0 saturated carbocycles. The lowest BCUT2D eigenvalue weighted by atomic mass is 10.1. The van der Waals surface area contributed by atoms with Crippen molar-refractivity contribution < 1.29 is 4.39 Å². The Morgan fingerprint density at radius 3 is 2.53 bits per heavy atom. The third-order valence-corrected chi connectivity index (χ3v) is 4.31. The first-order valence-corrected chi connectivity index (χ1v) is 6.01. The molecule has 78 valence electrons. The van der Waals surface area contributed by atoms with Gasteiger partial charge in [0.05, 0.1) is 9.47 Å². The second kappa shape index (κ2) is 3.94. The molecule has 0 fully saturated rings. The molecule has 1 heterocycles. The molecule has 15 heavy (non-hydrogen) atoms. The fraction of sp³-hybridized carbons (Fsp3) is 0.0909. The van der Waals surface area contributed by atoms with Crippen LogP contribution in [0.25, 0.3) is 10.4 Å². The molecular formula is C11H9BrFNS. The summed E-state index contributed by atoms with van der Waals surface area (Å²) in [5.74, 6) is -0.214.